The molecule has 170 valence electrons. The monoisotopic (exact) mass is 433 g/mol. The molecule has 1 N–H and O–H groups in total. The second-order valence-electron chi connectivity index (χ2n) is 10.2. The van der Waals surface area contributed by atoms with Crippen LogP contribution in [-0.2, 0) is 19.4 Å². The molecule has 1 aromatic heterocycles. The van der Waals surface area contributed by atoms with Crippen LogP contribution in [0.3, 0.4) is 0 Å². The molecule has 5 rings (SSSR count). The number of carbonyl (C=O) groups is 1. The molecule has 2 fully saturated rings. The van der Waals surface area contributed by atoms with Gasteiger partial charge in [0.2, 0.25) is 0 Å². The highest BCUT2D eigenvalue weighted by Gasteiger charge is 2.39. The molecule has 3 aliphatic carbocycles. The maximum absolute atomic E-state index is 13.0. The Morgan fingerprint density at radius 2 is 2.00 bits per heavy atom. The summed E-state index contributed by atoms with van der Waals surface area (Å²) >= 11 is 0. The third kappa shape index (κ3) is 4.83. The molecule has 1 aromatic carbocycles. The van der Waals surface area contributed by atoms with Crippen molar-refractivity contribution in [3.05, 3.63) is 58.9 Å². The van der Waals surface area contributed by atoms with Crippen molar-refractivity contribution in [2.45, 2.75) is 64.5 Å². The van der Waals surface area contributed by atoms with Crippen LogP contribution in [0.4, 0.5) is 0 Å². The highest BCUT2D eigenvalue weighted by atomic mass is 16.5. The number of ether oxygens (including phenoxy) is 1. The molecule has 3 aliphatic rings. The number of pyridine rings is 1. The zero-order valence-corrected chi connectivity index (χ0v) is 19.4. The first kappa shape index (κ1) is 21.4. The van der Waals surface area contributed by atoms with Crippen LogP contribution < -0.4 is 10.1 Å². The molecular weight excluding hydrogens is 398 g/mol. The quantitative estimate of drug-likeness (QED) is 0.604. The standard InChI is InChI=1S/C27H35N3O2/c1-3-27(10-11-27)18-28-15-20-6-7-21-13-23(14-22(21)12-20)30(2)26(31)25-9-8-24(16-29-25)32-17-19-4-5-19/h6-9,12,16,19,23,28H,3-5,10-11,13-15,17-18H2,1-2H3. The summed E-state index contributed by atoms with van der Waals surface area (Å²) in [4.78, 5) is 19.3. The zero-order chi connectivity index (χ0) is 22.1. The van der Waals surface area contributed by atoms with E-state index in [0.717, 1.165) is 38.3 Å². The lowest BCUT2D eigenvalue weighted by Gasteiger charge is -2.24. The number of aromatic nitrogens is 1. The minimum absolute atomic E-state index is 0.0206. The average Bonchev–Trinajstić information content (AvgIpc) is 3.75. The molecule has 2 saturated carbocycles. The Balaban J connectivity index is 1.15. The van der Waals surface area contributed by atoms with E-state index in [4.69, 9.17) is 4.74 Å². The number of nitrogens with zero attached hydrogens (tertiary/aromatic N) is 2. The van der Waals surface area contributed by atoms with Gasteiger partial charge in [-0.05, 0) is 85.1 Å². The van der Waals surface area contributed by atoms with Crippen LogP contribution in [0.2, 0.25) is 0 Å². The number of hydrogen-bond donors (Lipinski definition) is 1. The topological polar surface area (TPSA) is 54.5 Å². The summed E-state index contributed by atoms with van der Waals surface area (Å²) in [5.41, 5.74) is 5.14. The number of likely N-dealkylation sites (N-methyl/N-ethyl adjacent to an activating group) is 1. The number of rotatable bonds is 10. The zero-order valence-electron chi connectivity index (χ0n) is 19.4. The summed E-state index contributed by atoms with van der Waals surface area (Å²) in [5, 5.41) is 3.66. The largest absolute Gasteiger partial charge is 0.492 e. The van der Waals surface area contributed by atoms with Gasteiger partial charge in [0.25, 0.3) is 5.91 Å². The maximum atomic E-state index is 13.0. The maximum Gasteiger partial charge on any atom is 0.272 e. The van der Waals surface area contributed by atoms with Gasteiger partial charge in [-0.3, -0.25) is 4.79 Å². The molecule has 5 heteroatoms. The van der Waals surface area contributed by atoms with E-state index < -0.39 is 0 Å². The van der Waals surface area contributed by atoms with Crippen molar-refractivity contribution in [2.24, 2.45) is 11.3 Å². The second-order valence-corrected chi connectivity index (χ2v) is 10.2. The van der Waals surface area contributed by atoms with E-state index in [1.54, 1.807) is 12.3 Å². The molecule has 0 bridgehead atoms. The number of amides is 1. The predicted molar refractivity (Wildman–Crippen MR) is 126 cm³/mol. The Morgan fingerprint density at radius 1 is 1.19 bits per heavy atom. The van der Waals surface area contributed by atoms with Crippen molar-refractivity contribution in [3.63, 3.8) is 0 Å². The smallest absolute Gasteiger partial charge is 0.272 e. The van der Waals surface area contributed by atoms with Gasteiger partial charge < -0.3 is 15.0 Å². The fourth-order valence-corrected chi connectivity index (χ4v) is 4.77. The van der Waals surface area contributed by atoms with Crippen LogP contribution in [0.5, 0.6) is 5.75 Å². The molecule has 5 nitrogen and oxygen atoms in total. The molecular formula is C27H35N3O2. The van der Waals surface area contributed by atoms with Crippen molar-refractivity contribution in [1.82, 2.24) is 15.2 Å². The van der Waals surface area contributed by atoms with Crippen molar-refractivity contribution >= 4 is 5.91 Å². The van der Waals surface area contributed by atoms with Crippen LogP contribution in [0.15, 0.2) is 36.5 Å². The Kier molecular flexibility index (Phi) is 5.93. The summed E-state index contributed by atoms with van der Waals surface area (Å²) in [6.07, 6.45) is 10.0. The van der Waals surface area contributed by atoms with Crippen molar-refractivity contribution < 1.29 is 9.53 Å². The van der Waals surface area contributed by atoms with E-state index in [0.29, 0.717) is 17.0 Å². The van der Waals surface area contributed by atoms with E-state index in [-0.39, 0.29) is 11.9 Å². The van der Waals surface area contributed by atoms with Gasteiger partial charge in [0.1, 0.15) is 11.4 Å². The van der Waals surface area contributed by atoms with Crippen LogP contribution in [0.25, 0.3) is 0 Å². The molecule has 1 unspecified atom stereocenters. The fraction of sp³-hybridized carbons (Fsp3) is 0.556. The molecule has 0 saturated heterocycles. The lowest BCUT2D eigenvalue weighted by atomic mass is 10.0. The first-order valence-corrected chi connectivity index (χ1v) is 12.2. The predicted octanol–water partition coefficient (Wildman–Crippen LogP) is 4.39. The van der Waals surface area contributed by atoms with Gasteiger partial charge in [-0.25, -0.2) is 4.98 Å². The third-order valence-electron chi connectivity index (χ3n) is 7.72. The average molecular weight is 434 g/mol. The van der Waals surface area contributed by atoms with Crippen LogP contribution >= 0.6 is 0 Å². The molecule has 32 heavy (non-hydrogen) atoms. The first-order valence-electron chi connectivity index (χ1n) is 12.2. The van der Waals surface area contributed by atoms with E-state index in [1.807, 2.05) is 18.0 Å². The Bertz CT molecular complexity index is 963. The van der Waals surface area contributed by atoms with E-state index >= 15 is 0 Å². The Morgan fingerprint density at radius 3 is 2.69 bits per heavy atom. The number of carbonyl (C=O) groups excluding carboxylic acids is 1. The van der Waals surface area contributed by atoms with Crippen LogP contribution in [-0.4, -0.2) is 42.0 Å². The van der Waals surface area contributed by atoms with E-state index in [1.165, 1.54) is 48.8 Å². The summed E-state index contributed by atoms with van der Waals surface area (Å²) in [6, 6.07) is 10.7. The molecule has 1 atom stereocenters. The van der Waals surface area contributed by atoms with Gasteiger partial charge in [-0.15, -0.1) is 0 Å². The van der Waals surface area contributed by atoms with Crippen molar-refractivity contribution in [2.75, 3.05) is 20.2 Å². The summed E-state index contributed by atoms with van der Waals surface area (Å²) < 4.78 is 5.74. The van der Waals surface area contributed by atoms with E-state index in [9.17, 15) is 4.79 Å². The highest BCUT2D eigenvalue weighted by molar-refractivity contribution is 5.92. The highest BCUT2D eigenvalue weighted by Crippen LogP contribution is 2.47. The molecule has 2 aromatic rings. The second kappa shape index (κ2) is 8.86. The normalized spacial score (nSPS) is 20.6. The SMILES string of the molecule is CCC1(CNCc2ccc3c(c2)CC(N(C)C(=O)c2ccc(OCC4CC4)cn2)C3)CC1. The van der Waals surface area contributed by atoms with Gasteiger partial charge in [0.05, 0.1) is 12.8 Å². The van der Waals surface area contributed by atoms with Gasteiger partial charge in [0, 0.05) is 26.2 Å². The first-order chi connectivity index (χ1) is 15.5. The van der Waals surface area contributed by atoms with Crippen LogP contribution in [0, 0.1) is 11.3 Å². The number of hydrogen-bond acceptors (Lipinski definition) is 4. The molecule has 1 amide bonds. The Hall–Kier alpha value is -2.40. The third-order valence-corrected chi connectivity index (χ3v) is 7.72. The van der Waals surface area contributed by atoms with Gasteiger partial charge >= 0.3 is 0 Å². The van der Waals surface area contributed by atoms with Gasteiger partial charge in [-0.1, -0.05) is 25.1 Å². The number of fused-ring (bicyclic) bond motifs is 1. The van der Waals surface area contributed by atoms with Gasteiger partial charge in [-0.2, -0.15) is 0 Å². The fourth-order valence-electron chi connectivity index (χ4n) is 4.77. The molecule has 0 aliphatic heterocycles. The lowest BCUT2D eigenvalue weighted by Crippen LogP contribution is -2.38. The molecule has 0 radical (unpaired) electrons. The molecule has 1 heterocycles. The minimum Gasteiger partial charge on any atom is -0.492 e. The lowest BCUT2D eigenvalue weighted by molar-refractivity contribution is 0.0731. The number of nitrogens with one attached hydrogen (secondary N) is 1. The van der Waals surface area contributed by atoms with Crippen LogP contribution in [0.1, 0.15) is 66.2 Å². The van der Waals surface area contributed by atoms with E-state index in [2.05, 4.69) is 35.4 Å². The van der Waals surface area contributed by atoms with Crippen molar-refractivity contribution in [1.29, 1.82) is 0 Å². The van der Waals surface area contributed by atoms with Gasteiger partial charge in [0.15, 0.2) is 0 Å². The summed E-state index contributed by atoms with van der Waals surface area (Å²) in [5.74, 6) is 1.43. The summed E-state index contributed by atoms with van der Waals surface area (Å²) in [6.45, 7) is 5.10. The minimum atomic E-state index is -0.0206. The van der Waals surface area contributed by atoms with Crippen molar-refractivity contribution in [3.8, 4) is 5.75 Å². The number of benzene rings is 1. The molecule has 0 spiro atoms. The Labute approximate surface area is 191 Å². The summed E-state index contributed by atoms with van der Waals surface area (Å²) in [7, 11) is 1.90.